The predicted octanol–water partition coefficient (Wildman–Crippen LogP) is 3.15. The second-order valence-electron chi connectivity index (χ2n) is 8.81. The maximum Gasteiger partial charge on any atom is 0.222 e. The van der Waals surface area contributed by atoms with Gasteiger partial charge in [-0.25, -0.2) is 0 Å². The molecular weight excluding hydrogens is 322 g/mol. The molecule has 1 amide bonds. The van der Waals surface area contributed by atoms with Crippen molar-refractivity contribution in [1.29, 1.82) is 0 Å². The summed E-state index contributed by atoms with van der Waals surface area (Å²) in [5.74, 6) is 2.67. The molecule has 0 unspecified atom stereocenters. The summed E-state index contributed by atoms with van der Waals surface area (Å²) in [7, 11) is 0. The first-order valence-corrected chi connectivity index (χ1v) is 10.3. The van der Waals surface area contributed by atoms with Crippen molar-refractivity contribution in [1.82, 2.24) is 15.2 Å². The lowest BCUT2D eigenvalue weighted by Crippen LogP contribution is -2.39. The Morgan fingerprint density at radius 1 is 1.31 bits per heavy atom. The van der Waals surface area contributed by atoms with E-state index >= 15 is 0 Å². The number of allylic oxidation sites excluding steroid dienone is 2. The van der Waals surface area contributed by atoms with Crippen molar-refractivity contribution in [2.24, 2.45) is 23.2 Å². The smallest absolute Gasteiger partial charge is 0.222 e. The van der Waals surface area contributed by atoms with Gasteiger partial charge in [0.05, 0.1) is 0 Å². The maximum atomic E-state index is 12.5. The molecular formula is C22H29N3O. The second kappa shape index (κ2) is 6.49. The molecule has 1 spiro atoms. The largest absolute Gasteiger partial charge is 0.339 e. The molecule has 2 heterocycles. The first-order valence-electron chi connectivity index (χ1n) is 10.3. The molecule has 0 aromatic carbocycles. The van der Waals surface area contributed by atoms with E-state index in [1.165, 1.54) is 24.8 Å². The van der Waals surface area contributed by atoms with E-state index < -0.39 is 0 Å². The summed E-state index contributed by atoms with van der Waals surface area (Å²) in [5.41, 5.74) is 1.85. The normalized spacial score (nSPS) is 33.5. The number of carbonyl (C=O) groups excluding carboxylic acids is 1. The Morgan fingerprint density at radius 3 is 3.00 bits per heavy atom. The summed E-state index contributed by atoms with van der Waals surface area (Å²) in [4.78, 5) is 18.9. The number of rotatable bonds is 7. The minimum Gasteiger partial charge on any atom is -0.339 e. The highest BCUT2D eigenvalue weighted by Crippen LogP contribution is 2.70. The van der Waals surface area contributed by atoms with Gasteiger partial charge in [-0.05, 0) is 73.4 Å². The summed E-state index contributed by atoms with van der Waals surface area (Å²) >= 11 is 0. The van der Waals surface area contributed by atoms with Crippen molar-refractivity contribution in [2.45, 2.75) is 51.1 Å². The summed E-state index contributed by atoms with van der Waals surface area (Å²) in [6.45, 7) is 2.82. The van der Waals surface area contributed by atoms with E-state index in [4.69, 9.17) is 0 Å². The van der Waals surface area contributed by atoms with Gasteiger partial charge in [0.2, 0.25) is 5.91 Å². The highest BCUT2D eigenvalue weighted by Gasteiger charge is 2.62. The second-order valence-corrected chi connectivity index (χ2v) is 8.81. The number of hydrogen-bond donors (Lipinski definition) is 1. The van der Waals surface area contributed by atoms with E-state index in [1.807, 2.05) is 18.5 Å². The number of nitrogens with zero attached hydrogens (tertiary/aromatic N) is 2. The van der Waals surface area contributed by atoms with Crippen LogP contribution in [0.25, 0.3) is 0 Å². The molecule has 1 aliphatic heterocycles. The molecule has 2 bridgehead atoms. The molecule has 4 nitrogen and oxygen atoms in total. The minimum atomic E-state index is 0.388. The van der Waals surface area contributed by atoms with Gasteiger partial charge in [0.15, 0.2) is 0 Å². The number of aromatic nitrogens is 1. The summed E-state index contributed by atoms with van der Waals surface area (Å²) in [6.07, 6.45) is 15.7. The monoisotopic (exact) mass is 351 g/mol. The van der Waals surface area contributed by atoms with Gasteiger partial charge in [-0.2, -0.15) is 0 Å². The molecule has 1 N–H and O–H groups in total. The Balaban J connectivity index is 1.14. The van der Waals surface area contributed by atoms with Crippen LogP contribution in [0.5, 0.6) is 0 Å². The standard InChI is InChI=1S/C22H29N3O/c26-21-6-4-19(7-11-24-14-16-2-1-10-23-13-16)25(21)15-17-12-18-3-5-20(17)22(18)8-9-22/h1-3,5,10,13,17-20,24H,4,6-9,11-12,14-15H2/t17-,18+,19+,20+/m0/s1. The number of amides is 1. The Kier molecular flexibility index (Phi) is 4.11. The zero-order valence-corrected chi connectivity index (χ0v) is 15.4. The van der Waals surface area contributed by atoms with Crippen LogP contribution in [0.3, 0.4) is 0 Å². The predicted molar refractivity (Wildman–Crippen MR) is 101 cm³/mol. The SMILES string of the molecule is O=C1CC[C@H](CCNCc2cccnc2)N1C[C@@H]1C[C@H]2C=C[C@H]1C21CC1. The van der Waals surface area contributed by atoms with Crippen molar-refractivity contribution < 1.29 is 4.79 Å². The quantitative estimate of drug-likeness (QED) is 0.606. The number of nitrogens with one attached hydrogen (secondary N) is 1. The molecule has 1 aromatic heterocycles. The summed E-state index contributed by atoms with van der Waals surface area (Å²) in [5, 5.41) is 3.52. The summed E-state index contributed by atoms with van der Waals surface area (Å²) in [6, 6.07) is 4.51. The topological polar surface area (TPSA) is 45.2 Å². The molecule has 0 radical (unpaired) electrons. The first kappa shape index (κ1) is 16.5. The number of carbonyl (C=O) groups is 1. The summed E-state index contributed by atoms with van der Waals surface area (Å²) < 4.78 is 0. The lowest BCUT2D eigenvalue weighted by molar-refractivity contribution is -0.129. The zero-order chi connectivity index (χ0) is 17.6. The molecule has 3 fully saturated rings. The van der Waals surface area contributed by atoms with E-state index in [0.29, 0.717) is 23.3 Å². The van der Waals surface area contributed by atoms with Gasteiger partial charge >= 0.3 is 0 Å². The third kappa shape index (κ3) is 2.79. The fourth-order valence-corrected chi connectivity index (χ4v) is 5.93. The van der Waals surface area contributed by atoms with Crippen molar-refractivity contribution in [3.63, 3.8) is 0 Å². The number of likely N-dealkylation sites (tertiary alicyclic amines) is 1. The highest BCUT2D eigenvalue weighted by molar-refractivity contribution is 5.78. The van der Waals surface area contributed by atoms with Gasteiger partial charge in [-0.3, -0.25) is 9.78 Å². The average Bonchev–Trinajstić information content (AvgIpc) is 3.22. The van der Waals surface area contributed by atoms with E-state index in [-0.39, 0.29) is 0 Å². The van der Waals surface area contributed by atoms with Crippen molar-refractivity contribution in [2.75, 3.05) is 13.1 Å². The van der Waals surface area contributed by atoms with Crippen LogP contribution in [-0.4, -0.2) is 34.9 Å². The highest BCUT2D eigenvalue weighted by atomic mass is 16.2. The molecule has 26 heavy (non-hydrogen) atoms. The van der Waals surface area contributed by atoms with Gasteiger partial charge in [0, 0.05) is 37.9 Å². The maximum absolute atomic E-state index is 12.5. The molecule has 1 saturated heterocycles. The Bertz CT molecular complexity index is 697. The third-order valence-electron chi connectivity index (χ3n) is 7.43. The van der Waals surface area contributed by atoms with Gasteiger partial charge in [-0.15, -0.1) is 0 Å². The van der Waals surface area contributed by atoms with E-state index in [2.05, 4.69) is 33.4 Å². The van der Waals surface area contributed by atoms with Crippen LogP contribution in [0.1, 0.15) is 44.1 Å². The van der Waals surface area contributed by atoms with E-state index in [1.54, 1.807) is 0 Å². The van der Waals surface area contributed by atoms with Gasteiger partial charge in [0.1, 0.15) is 0 Å². The van der Waals surface area contributed by atoms with Crippen LogP contribution >= 0.6 is 0 Å². The van der Waals surface area contributed by atoms with E-state index in [9.17, 15) is 4.79 Å². The van der Waals surface area contributed by atoms with Crippen LogP contribution in [0.15, 0.2) is 36.7 Å². The lowest BCUT2D eigenvalue weighted by atomic mass is 9.88. The van der Waals surface area contributed by atoms with Gasteiger partial charge in [0.25, 0.3) is 0 Å². The van der Waals surface area contributed by atoms with Crippen molar-refractivity contribution in [3.05, 3.63) is 42.2 Å². The number of pyridine rings is 1. The van der Waals surface area contributed by atoms with Crippen molar-refractivity contribution in [3.8, 4) is 0 Å². The Labute approximate surface area is 156 Å². The molecule has 5 rings (SSSR count). The van der Waals surface area contributed by atoms with Gasteiger partial charge < -0.3 is 10.2 Å². The third-order valence-corrected chi connectivity index (χ3v) is 7.43. The average molecular weight is 351 g/mol. The van der Waals surface area contributed by atoms with Crippen LogP contribution < -0.4 is 5.32 Å². The zero-order valence-electron chi connectivity index (χ0n) is 15.4. The molecule has 3 aliphatic carbocycles. The van der Waals surface area contributed by atoms with Crippen LogP contribution in [0, 0.1) is 23.2 Å². The molecule has 1 aromatic rings. The Hall–Kier alpha value is -1.68. The van der Waals surface area contributed by atoms with Crippen LogP contribution in [-0.2, 0) is 11.3 Å². The Morgan fingerprint density at radius 2 is 2.23 bits per heavy atom. The molecule has 4 heteroatoms. The fourth-order valence-electron chi connectivity index (χ4n) is 5.93. The van der Waals surface area contributed by atoms with Gasteiger partial charge in [-0.1, -0.05) is 18.2 Å². The van der Waals surface area contributed by atoms with Crippen LogP contribution in [0.4, 0.5) is 0 Å². The van der Waals surface area contributed by atoms with Crippen molar-refractivity contribution >= 4 is 5.91 Å². The fraction of sp³-hybridized carbons (Fsp3) is 0.636. The van der Waals surface area contributed by atoms with E-state index in [0.717, 1.165) is 50.7 Å². The number of hydrogen-bond acceptors (Lipinski definition) is 3. The molecule has 4 aliphatic rings. The molecule has 138 valence electrons. The van der Waals surface area contributed by atoms with Crippen LogP contribution in [0.2, 0.25) is 0 Å². The lowest BCUT2D eigenvalue weighted by Gasteiger charge is -2.30. The minimum absolute atomic E-state index is 0.388. The molecule has 4 atom stereocenters. The molecule has 2 saturated carbocycles. The first-order chi connectivity index (χ1) is 12.8.